The van der Waals surface area contributed by atoms with Crippen molar-refractivity contribution in [3.63, 3.8) is 0 Å². The molecule has 338 valence electrons. The van der Waals surface area contributed by atoms with Crippen molar-refractivity contribution >= 4 is 0 Å². The van der Waals surface area contributed by atoms with Gasteiger partial charge in [0, 0.05) is 11.1 Å². The van der Waals surface area contributed by atoms with Gasteiger partial charge in [-0.1, -0.05) is 119 Å². The molecule has 0 atom stereocenters. The fraction of sp³-hybridized carbons (Fsp3) is 0.525. The zero-order valence-corrected chi connectivity index (χ0v) is 44.8. The number of pyridine rings is 1. The average molecular weight is 1030 g/mol. The number of aryl methyl sites for hydroxylation is 2. The van der Waals surface area contributed by atoms with Crippen molar-refractivity contribution in [1.29, 1.82) is 0 Å². The normalized spacial score (nSPS) is 28.5. The van der Waals surface area contributed by atoms with E-state index in [1.807, 2.05) is 0 Å². The molecular weight excluding hydrogens is 957 g/mol. The summed E-state index contributed by atoms with van der Waals surface area (Å²) < 4.78 is 4.64. The molecule has 0 amide bonds. The van der Waals surface area contributed by atoms with Crippen LogP contribution in [0.2, 0.25) is 9.36 Å². The molecule has 13 rings (SSSR count). The van der Waals surface area contributed by atoms with Crippen LogP contribution in [0.5, 0.6) is 11.5 Å². The molecule has 8 bridgehead atoms. The van der Waals surface area contributed by atoms with Crippen LogP contribution in [0.1, 0.15) is 152 Å². The minimum absolute atomic E-state index is 0.00724. The predicted molar refractivity (Wildman–Crippen MR) is 263 cm³/mol. The van der Waals surface area contributed by atoms with Gasteiger partial charge in [0.2, 0.25) is 0 Å². The summed E-state index contributed by atoms with van der Waals surface area (Å²) in [7, 11) is 0. The molecule has 4 heteroatoms. The molecule has 0 N–H and O–H groups in total. The Morgan fingerprint density at radius 2 is 0.785 bits per heavy atom. The van der Waals surface area contributed by atoms with Crippen LogP contribution in [0.3, 0.4) is 0 Å². The summed E-state index contributed by atoms with van der Waals surface area (Å²) in [5.41, 5.74) is 13.9. The van der Waals surface area contributed by atoms with E-state index in [9.17, 15) is 0 Å². The minimum atomic E-state index is -0.107. The Morgan fingerprint density at radius 3 is 1.09 bits per heavy atom. The summed E-state index contributed by atoms with van der Waals surface area (Å²) >= 11 is 0.0833. The van der Waals surface area contributed by atoms with Crippen LogP contribution in [-0.2, 0) is 44.6 Å². The molecular formula is C61H73HfNO2. The van der Waals surface area contributed by atoms with Gasteiger partial charge in [0.25, 0.3) is 0 Å². The van der Waals surface area contributed by atoms with Gasteiger partial charge in [-0.15, -0.1) is 0 Å². The molecule has 8 saturated carbocycles. The van der Waals surface area contributed by atoms with Gasteiger partial charge in [0.15, 0.2) is 0 Å². The summed E-state index contributed by atoms with van der Waals surface area (Å²) in [6.45, 7) is 18.0. The first kappa shape index (κ1) is 45.3. The number of nitrogens with zero attached hydrogens (tertiary/aromatic N) is 1. The SMILES string of the molecule is Cc1ccc(-c2cc(C(C)(C)C)cc(C34CC5CC(CC(C5)C3)C4)c2[O-])c(-c2cccc(-c3cc(C)ccc3-c3cc(C(C)(C)C)cc(C45CC6CC(CC(C6)C4)C5)c3[O-])n2)c1.[CH3][Hf+2][CH3]. The molecule has 4 aromatic carbocycles. The van der Waals surface area contributed by atoms with Gasteiger partial charge in [-0.3, -0.25) is 0 Å². The molecule has 3 nitrogen and oxygen atoms in total. The van der Waals surface area contributed by atoms with E-state index in [-0.39, 0.29) is 56.1 Å². The van der Waals surface area contributed by atoms with E-state index < -0.39 is 0 Å². The molecule has 8 aliphatic carbocycles. The van der Waals surface area contributed by atoms with Crippen molar-refractivity contribution in [2.75, 3.05) is 0 Å². The Balaban J connectivity index is 0.00000162. The van der Waals surface area contributed by atoms with E-state index in [4.69, 9.17) is 4.98 Å². The third-order valence-electron chi connectivity index (χ3n) is 17.4. The quantitative estimate of drug-likeness (QED) is 0.159. The summed E-state index contributed by atoms with van der Waals surface area (Å²) in [6, 6.07) is 28.6. The molecule has 0 unspecified atom stereocenters. The first-order valence-electron chi connectivity index (χ1n) is 25.4. The van der Waals surface area contributed by atoms with Crippen molar-refractivity contribution in [3.05, 3.63) is 112 Å². The van der Waals surface area contributed by atoms with Crippen molar-refractivity contribution in [2.45, 2.75) is 163 Å². The number of rotatable bonds is 6. The van der Waals surface area contributed by atoms with Gasteiger partial charge in [-0.25, -0.2) is 4.98 Å². The first-order chi connectivity index (χ1) is 30.8. The Labute approximate surface area is 403 Å². The molecule has 1 aromatic heterocycles. The van der Waals surface area contributed by atoms with Crippen LogP contribution < -0.4 is 10.2 Å². The molecule has 65 heavy (non-hydrogen) atoms. The van der Waals surface area contributed by atoms with Gasteiger partial charge in [-0.2, -0.15) is 0 Å². The first-order valence-corrected chi connectivity index (χ1v) is 32.5. The van der Waals surface area contributed by atoms with Gasteiger partial charge >= 0.3 is 32.3 Å². The summed E-state index contributed by atoms with van der Waals surface area (Å²) in [6.07, 6.45) is 15.1. The standard InChI is InChI=1S/C59H69NO2.2CH3.Hf/c1-34-12-14-44(48-24-42(56(3,4)5)26-50(54(48)61)58-28-36-18-37(29-58)20-38(19-36)30-58)46(16-34)52-10-9-11-53(60-52)47-17-35(2)13-15-45(47)49-25-43(57(6,7)8)27-51(55(49)62)59-31-39-21-40(32-59)23-41(22-39)33-59;;;/h9-17,24-27,36-41,61-62H,18-23,28-33H2,1-8H3;2*1H3;/q;;;+2/p-2. The number of aromatic nitrogens is 1. The molecule has 5 aromatic rings. The van der Waals surface area contributed by atoms with Crippen LogP contribution in [0.15, 0.2) is 78.9 Å². The van der Waals surface area contributed by atoms with Crippen molar-refractivity contribution < 1.29 is 33.1 Å². The van der Waals surface area contributed by atoms with Crippen LogP contribution in [-0.4, -0.2) is 4.98 Å². The molecule has 1 heterocycles. The van der Waals surface area contributed by atoms with E-state index in [2.05, 4.69) is 144 Å². The monoisotopic (exact) mass is 1030 g/mol. The summed E-state index contributed by atoms with van der Waals surface area (Å²) in [5.74, 6) is 4.99. The van der Waals surface area contributed by atoms with Crippen molar-refractivity contribution in [3.8, 4) is 56.3 Å². The predicted octanol–water partition coefficient (Wildman–Crippen LogP) is 15.2. The molecule has 8 fully saturated rings. The Kier molecular flexibility index (Phi) is 11.6. The Morgan fingerprint density at radius 1 is 0.462 bits per heavy atom. The average Bonchev–Trinajstić information content (AvgIpc) is 3.22. The van der Waals surface area contributed by atoms with Crippen LogP contribution in [0, 0.1) is 49.4 Å². The van der Waals surface area contributed by atoms with Gasteiger partial charge < -0.3 is 10.2 Å². The zero-order valence-electron chi connectivity index (χ0n) is 41.2. The van der Waals surface area contributed by atoms with Gasteiger partial charge in [-0.05, 0) is 217 Å². The molecule has 8 aliphatic rings. The molecule has 0 saturated heterocycles. The fourth-order valence-electron chi connectivity index (χ4n) is 15.1. The van der Waals surface area contributed by atoms with E-state index in [1.54, 1.807) is 0 Å². The number of hydrogen-bond donors (Lipinski definition) is 0. The van der Waals surface area contributed by atoms with Crippen LogP contribution >= 0.6 is 0 Å². The van der Waals surface area contributed by atoms with E-state index in [1.165, 1.54) is 88.2 Å². The summed E-state index contributed by atoms with van der Waals surface area (Å²) in [4.78, 5) is 5.52. The van der Waals surface area contributed by atoms with E-state index in [0.29, 0.717) is 0 Å². The maximum atomic E-state index is 15.3. The van der Waals surface area contributed by atoms with E-state index in [0.717, 1.165) is 103 Å². The number of benzene rings is 4. The maximum absolute atomic E-state index is 15.3. The Hall–Kier alpha value is -3.50. The van der Waals surface area contributed by atoms with Crippen LogP contribution in [0.4, 0.5) is 0 Å². The number of hydrogen-bond acceptors (Lipinski definition) is 3. The van der Waals surface area contributed by atoms with Crippen LogP contribution in [0.25, 0.3) is 44.8 Å². The second-order valence-corrected chi connectivity index (χ2v) is 28.3. The summed E-state index contributed by atoms with van der Waals surface area (Å²) in [5, 5.41) is 30.5. The molecule has 0 spiro atoms. The third-order valence-corrected chi connectivity index (χ3v) is 17.4. The topological polar surface area (TPSA) is 59.0 Å². The molecule has 0 aliphatic heterocycles. The third kappa shape index (κ3) is 8.24. The molecule has 0 radical (unpaired) electrons. The fourth-order valence-corrected chi connectivity index (χ4v) is 15.1. The second kappa shape index (κ2) is 16.6. The van der Waals surface area contributed by atoms with Gasteiger partial charge in [0.05, 0.1) is 11.4 Å². The van der Waals surface area contributed by atoms with Gasteiger partial charge in [0.1, 0.15) is 0 Å². The van der Waals surface area contributed by atoms with E-state index >= 15 is 10.2 Å². The zero-order chi connectivity index (χ0) is 45.8. The van der Waals surface area contributed by atoms with Crippen molar-refractivity contribution in [2.24, 2.45) is 35.5 Å². The second-order valence-electron chi connectivity index (χ2n) is 24.7. The van der Waals surface area contributed by atoms with Crippen molar-refractivity contribution in [1.82, 2.24) is 4.98 Å². The Bertz CT molecular complexity index is 2390.